The zero-order chi connectivity index (χ0) is 18.6. The second-order valence-electron chi connectivity index (χ2n) is 6.20. The lowest BCUT2D eigenvalue weighted by Crippen LogP contribution is -2.32. The molecule has 2 aliphatic heterocycles. The van der Waals surface area contributed by atoms with Gasteiger partial charge in [0.05, 0.1) is 11.1 Å². The molecule has 27 heavy (non-hydrogen) atoms. The van der Waals surface area contributed by atoms with Crippen LogP contribution in [0, 0.1) is 11.8 Å². The molecule has 0 radical (unpaired) electrons. The van der Waals surface area contributed by atoms with E-state index in [1.54, 1.807) is 24.4 Å². The van der Waals surface area contributed by atoms with Gasteiger partial charge >= 0.3 is 0 Å². The summed E-state index contributed by atoms with van der Waals surface area (Å²) in [6, 6.07) is 9.37. The lowest BCUT2D eigenvalue weighted by atomic mass is 9.81. The van der Waals surface area contributed by atoms with Gasteiger partial charge < -0.3 is 15.2 Å². The van der Waals surface area contributed by atoms with Gasteiger partial charge in [-0.3, -0.25) is 0 Å². The fourth-order valence-electron chi connectivity index (χ4n) is 3.55. The molecule has 0 fully saturated rings. The van der Waals surface area contributed by atoms with E-state index >= 15 is 4.39 Å². The number of rotatable bonds is 1. The van der Waals surface area contributed by atoms with Crippen molar-refractivity contribution >= 4 is 6.02 Å². The average Bonchev–Trinajstić information content (AvgIpc) is 3.05. The highest BCUT2D eigenvalue weighted by atomic mass is 19.1. The molecule has 0 saturated heterocycles. The molecule has 5 rings (SSSR count). The maximum absolute atomic E-state index is 15.7. The molecule has 4 heterocycles. The van der Waals surface area contributed by atoms with Crippen LogP contribution in [0.5, 0.6) is 11.6 Å². The van der Waals surface area contributed by atoms with Crippen LogP contribution in [-0.4, -0.2) is 22.6 Å². The number of ether oxygens (including phenoxy) is 2. The van der Waals surface area contributed by atoms with E-state index < -0.39 is 17.3 Å². The van der Waals surface area contributed by atoms with Gasteiger partial charge in [0, 0.05) is 23.5 Å². The number of hydrogen-bond acceptors (Lipinski definition) is 6. The highest BCUT2D eigenvalue weighted by Crippen LogP contribution is 2.52. The number of amidine groups is 1. The first-order chi connectivity index (χ1) is 13.1. The summed E-state index contributed by atoms with van der Waals surface area (Å²) in [4.78, 5) is 12.2. The first-order valence-corrected chi connectivity index (χ1v) is 8.15. The van der Waals surface area contributed by atoms with Gasteiger partial charge in [-0.1, -0.05) is 0 Å². The largest absolute Gasteiger partial charge is 0.462 e. The van der Waals surface area contributed by atoms with Crippen molar-refractivity contribution < 1.29 is 18.3 Å². The molecule has 1 unspecified atom stereocenters. The first-order valence-electron chi connectivity index (χ1n) is 8.15. The molecule has 2 N–H and O–H groups in total. The fourth-order valence-corrected chi connectivity index (χ4v) is 3.55. The van der Waals surface area contributed by atoms with E-state index in [0.717, 1.165) is 0 Å². The third-order valence-electron chi connectivity index (χ3n) is 4.72. The van der Waals surface area contributed by atoms with Crippen LogP contribution in [0.1, 0.15) is 11.1 Å². The van der Waals surface area contributed by atoms with E-state index in [-0.39, 0.29) is 35.1 Å². The van der Waals surface area contributed by atoms with Gasteiger partial charge in [0.25, 0.3) is 6.02 Å². The van der Waals surface area contributed by atoms with Crippen LogP contribution < -0.4 is 10.5 Å². The SMILES string of the molecule is NC1=NC2(CO1)c1cccnc1Oc1ccc(-c3cccnc3F)c(F)c12. The standard InChI is InChI=1S/C19H12F2N4O2/c20-15-10(11-3-1-7-23-16(11)21)5-6-13-14(15)19(9-26-18(22)25-19)12-4-2-8-24-17(12)27-13/h1-8H,9H2,(H2,22,25). The van der Waals surface area contributed by atoms with E-state index in [2.05, 4.69) is 15.0 Å². The van der Waals surface area contributed by atoms with Crippen molar-refractivity contribution in [3.63, 3.8) is 0 Å². The number of nitrogens with two attached hydrogens (primary N) is 1. The Morgan fingerprint density at radius 2 is 1.81 bits per heavy atom. The maximum Gasteiger partial charge on any atom is 0.283 e. The molecule has 1 spiro atoms. The number of hydrogen-bond donors (Lipinski definition) is 1. The molecular formula is C19H12F2N4O2. The molecule has 2 aromatic heterocycles. The van der Waals surface area contributed by atoms with Crippen molar-refractivity contribution in [3.05, 3.63) is 71.7 Å². The van der Waals surface area contributed by atoms with Gasteiger partial charge in [0.1, 0.15) is 18.2 Å². The Hall–Kier alpha value is -3.55. The molecule has 134 valence electrons. The van der Waals surface area contributed by atoms with E-state index in [1.165, 1.54) is 24.4 Å². The molecule has 8 heteroatoms. The third-order valence-corrected chi connectivity index (χ3v) is 4.72. The topological polar surface area (TPSA) is 82.6 Å². The number of aromatic nitrogens is 2. The number of nitrogens with zero attached hydrogens (tertiary/aromatic N) is 3. The number of halogens is 2. The minimum atomic E-state index is -1.25. The Morgan fingerprint density at radius 3 is 2.59 bits per heavy atom. The molecule has 0 saturated carbocycles. The van der Waals surface area contributed by atoms with Gasteiger partial charge in [0.15, 0.2) is 5.54 Å². The molecule has 2 aliphatic rings. The summed E-state index contributed by atoms with van der Waals surface area (Å²) in [6.07, 6.45) is 2.87. The van der Waals surface area contributed by atoms with Crippen molar-refractivity contribution in [3.8, 4) is 22.8 Å². The van der Waals surface area contributed by atoms with Crippen LogP contribution in [0.15, 0.2) is 53.8 Å². The summed E-state index contributed by atoms with van der Waals surface area (Å²) in [7, 11) is 0. The Kier molecular flexibility index (Phi) is 3.18. The Labute approximate surface area is 152 Å². The van der Waals surface area contributed by atoms with E-state index in [9.17, 15) is 4.39 Å². The zero-order valence-electron chi connectivity index (χ0n) is 13.8. The van der Waals surface area contributed by atoms with E-state index in [4.69, 9.17) is 15.2 Å². The molecule has 1 atom stereocenters. The quantitative estimate of drug-likeness (QED) is 0.669. The first kappa shape index (κ1) is 15.7. The minimum absolute atomic E-state index is 0.0101. The van der Waals surface area contributed by atoms with Gasteiger partial charge in [-0.05, 0) is 36.4 Å². The van der Waals surface area contributed by atoms with Crippen molar-refractivity contribution in [2.45, 2.75) is 5.54 Å². The Balaban J connectivity index is 1.82. The van der Waals surface area contributed by atoms with Gasteiger partial charge in [-0.2, -0.15) is 4.39 Å². The number of fused-ring (bicyclic) bond motifs is 4. The van der Waals surface area contributed by atoms with Crippen LogP contribution in [0.25, 0.3) is 11.1 Å². The lowest BCUT2D eigenvalue weighted by molar-refractivity contribution is 0.257. The van der Waals surface area contributed by atoms with Crippen LogP contribution in [-0.2, 0) is 10.3 Å². The Morgan fingerprint density at radius 1 is 1.00 bits per heavy atom. The van der Waals surface area contributed by atoms with Crippen LogP contribution in [0.4, 0.5) is 8.78 Å². The summed E-state index contributed by atoms with van der Waals surface area (Å²) in [5.41, 5.74) is 5.25. The summed E-state index contributed by atoms with van der Waals surface area (Å²) < 4.78 is 41.0. The summed E-state index contributed by atoms with van der Waals surface area (Å²) in [5, 5.41) is 0. The smallest absolute Gasteiger partial charge is 0.283 e. The molecule has 3 aromatic rings. The maximum atomic E-state index is 15.7. The van der Waals surface area contributed by atoms with Gasteiger partial charge in [0.2, 0.25) is 11.8 Å². The van der Waals surface area contributed by atoms with Crippen LogP contribution in [0.3, 0.4) is 0 Å². The van der Waals surface area contributed by atoms with Gasteiger partial charge in [-0.25, -0.2) is 19.4 Å². The molecule has 0 bridgehead atoms. The molecule has 0 aliphatic carbocycles. The predicted molar refractivity (Wildman–Crippen MR) is 92.3 cm³/mol. The molecule has 6 nitrogen and oxygen atoms in total. The molecule has 1 aromatic carbocycles. The summed E-state index contributed by atoms with van der Waals surface area (Å²) in [6.45, 7) is -0.0101. The summed E-state index contributed by atoms with van der Waals surface area (Å²) >= 11 is 0. The molecular weight excluding hydrogens is 354 g/mol. The second kappa shape index (κ2) is 5.47. The highest BCUT2D eigenvalue weighted by molar-refractivity contribution is 5.77. The number of aliphatic imine (C=N–C) groups is 1. The van der Waals surface area contributed by atoms with Crippen molar-refractivity contribution in [1.29, 1.82) is 0 Å². The second-order valence-corrected chi connectivity index (χ2v) is 6.20. The Bertz CT molecular complexity index is 1120. The predicted octanol–water partition coefficient (Wildman–Crippen LogP) is 3.12. The number of pyridine rings is 2. The van der Waals surface area contributed by atoms with E-state index in [1.807, 2.05) is 0 Å². The van der Waals surface area contributed by atoms with Crippen molar-refractivity contribution in [2.24, 2.45) is 10.7 Å². The average molecular weight is 366 g/mol. The van der Waals surface area contributed by atoms with Crippen molar-refractivity contribution in [1.82, 2.24) is 9.97 Å². The van der Waals surface area contributed by atoms with E-state index in [0.29, 0.717) is 11.4 Å². The monoisotopic (exact) mass is 366 g/mol. The highest BCUT2D eigenvalue weighted by Gasteiger charge is 2.49. The van der Waals surface area contributed by atoms with Gasteiger partial charge in [-0.15, -0.1) is 0 Å². The molecule has 0 amide bonds. The van der Waals surface area contributed by atoms with Crippen LogP contribution >= 0.6 is 0 Å². The minimum Gasteiger partial charge on any atom is -0.462 e. The fraction of sp³-hybridized carbons (Fsp3) is 0.105. The zero-order valence-corrected chi connectivity index (χ0v) is 13.8. The van der Waals surface area contributed by atoms with Crippen molar-refractivity contribution in [2.75, 3.05) is 6.61 Å². The summed E-state index contributed by atoms with van der Waals surface area (Å²) in [5.74, 6) is -0.911. The van der Waals surface area contributed by atoms with Crippen LogP contribution in [0.2, 0.25) is 0 Å². The number of benzene rings is 1. The normalized spacial score (nSPS) is 19.7. The third kappa shape index (κ3) is 2.13. The lowest BCUT2D eigenvalue weighted by Gasteiger charge is -2.33.